The molecule has 0 amide bonds. The second-order valence-electron chi connectivity index (χ2n) is 3.27. The summed E-state index contributed by atoms with van der Waals surface area (Å²) in [6, 6.07) is -0.720. The lowest BCUT2D eigenvalue weighted by Crippen LogP contribution is -2.52. The predicted molar refractivity (Wildman–Crippen MR) is 41.2 cm³/mol. The van der Waals surface area contributed by atoms with E-state index >= 15 is 0 Å². The van der Waals surface area contributed by atoms with Gasteiger partial charge in [0.1, 0.15) is 6.04 Å². The van der Waals surface area contributed by atoms with Crippen molar-refractivity contribution in [3.8, 4) is 0 Å². The van der Waals surface area contributed by atoms with E-state index in [1.807, 2.05) is 0 Å². The summed E-state index contributed by atoms with van der Waals surface area (Å²) >= 11 is 0. The van der Waals surface area contributed by atoms with Crippen LogP contribution in [0.2, 0.25) is 0 Å². The van der Waals surface area contributed by atoms with E-state index in [0.717, 1.165) is 13.1 Å². The Morgan fingerprint density at radius 1 is 1.82 bits per heavy atom. The van der Waals surface area contributed by atoms with Gasteiger partial charge in [0, 0.05) is 19.6 Å². The van der Waals surface area contributed by atoms with E-state index < -0.39 is 12.0 Å². The smallest absolute Gasteiger partial charge is 0.321 e. The summed E-state index contributed by atoms with van der Waals surface area (Å²) in [5.74, 6) is -0.208. The maximum Gasteiger partial charge on any atom is 0.321 e. The van der Waals surface area contributed by atoms with Crippen molar-refractivity contribution in [2.75, 3.05) is 19.6 Å². The van der Waals surface area contributed by atoms with Crippen LogP contribution in [0.15, 0.2) is 0 Å². The third kappa shape index (κ3) is 2.17. The molecule has 1 saturated heterocycles. The van der Waals surface area contributed by atoms with Crippen LogP contribution in [-0.4, -0.2) is 41.7 Å². The van der Waals surface area contributed by atoms with Crippen LogP contribution in [0, 0.1) is 5.92 Å². The summed E-state index contributed by atoms with van der Waals surface area (Å²) in [7, 11) is 0. The van der Waals surface area contributed by atoms with Gasteiger partial charge in [-0.25, -0.2) is 0 Å². The monoisotopic (exact) mass is 158 g/mol. The number of hydrogen-bond acceptors (Lipinski definition) is 3. The lowest BCUT2D eigenvalue weighted by molar-refractivity contribution is -0.139. The van der Waals surface area contributed by atoms with E-state index in [2.05, 4.69) is 11.8 Å². The molecule has 4 heteroatoms. The second kappa shape index (κ2) is 3.19. The molecule has 1 rings (SSSR count). The number of aliphatic carboxylic acids is 1. The molecule has 0 aromatic rings. The molecule has 11 heavy (non-hydrogen) atoms. The Morgan fingerprint density at radius 3 is 2.73 bits per heavy atom. The molecule has 1 aliphatic rings. The number of nitrogens with zero attached hydrogens (tertiary/aromatic N) is 1. The summed E-state index contributed by atoms with van der Waals surface area (Å²) < 4.78 is 0. The minimum atomic E-state index is -0.912. The molecule has 1 aliphatic heterocycles. The number of rotatable bonds is 3. The summed E-state index contributed by atoms with van der Waals surface area (Å²) in [5, 5.41) is 8.46. The maximum absolute atomic E-state index is 10.3. The van der Waals surface area contributed by atoms with E-state index in [9.17, 15) is 4.79 Å². The van der Waals surface area contributed by atoms with Crippen molar-refractivity contribution < 1.29 is 9.90 Å². The number of nitrogens with two attached hydrogens (primary N) is 1. The minimum absolute atomic E-state index is 0.486. The molecule has 1 atom stereocenters. The number of carboxylic acids is 1. The van der Waals surface area contributed by atoms with Crippen molar-refractivity contribution in [1.82, 2.24) is 4.90 Å². The molecule has 0 spiro atoms. The van der Waals surface area contributed by atoms with Crippen LogP contribution in [0.3, 0.4) is 0 Å². The molecular weight excluding hydrogens is 144 g/mol. The summed E-state index contributed by atoms with van der Waals surface area (Å²) in [5.41, 5.74) is 5.33. The standard InChI is InChI=1S/C7H14N2O2/c1-5-2-9(3-5)4-6(8)7(10)11/h5-6H,2-4,8H2,1H3,(H,10,11). The van der Waals surface area contributed by atoms with Crippen molar-refractivity contribution >= 4 is 5.97 Å². The highest BCUT2D eigenvalue weighted by Gasteiger charge is 2.25. The first kappa shape index (κ1) is 8.49. The van der Waals surface area contributed by atoms with Gasteiger partial charge in [-0.15, -0.1) is 0 Å². The van der Waals surface area contributed by atoms with Crippen LogP contribution < -0.4 is 5.73 Å². The fourth-order valence-electron chi connectivity index (χ4n) is 1.33. The number of carboxylic acid groups (broad SMARTS) is 1. The Kier molecular flexibility index (Phi) is 2.46. The Hall–Kier alpha value is -0.610. The normalized spacial score (nSPS) is 22.7. The van der Waals surface area contributed by atoms with Crippen molar-refractivity contribution in [3.05, 3.63) is 0 Å². The van der Waals surface area contributed by atoms with Crippen LogP contribution in [0.4, 0.5) is 0 Å². The first-order valence-electron chi connectivity index (χ1n) is 3.80. The number of carbonyl (C=O) groups is 1. The fourth-order valence-corrected chi connectivity index (χ4v) is 1.33. The molecule has 0 bridgehead atoms. The maximum atomic E-state index is 10.3. The Bertz CT molecular complexity index is 155. The predicted octanol–water partition coefficient (Wildman–Crippen LogP) is -0.650. The largest absolute Gasteiger partial charge is 0.480 e. The SMILES string of the molecule is CC1CN(CC(N)C(=O)O)C1. The Labute approximate surface area is 66.0 Å². The first-order valence-corrected chi connectivity index (χ1v) is 3.80. The quantitative estimate of drug-likeness (QED) is 0.573. The number of likely N-dealkylation sites (tertiary alicyclic amines) is 1. The molecule has 0 aromatic heterocycles. The average Bonchev–Trinajstić information content (AvgIpc) is 1.84. The van der Waals surface area contributed by atoms with Crippen molar-refractivity contribution in [1.29, 1.82) is 0 Å². The van der Waals surface area contributed by atoms with Crippen molar-refractivity contribution in [2.24, 2.45) is 11.7 Å². The summed E-state index contributed by atoms with van der Waals surface area (Å²) in [6.07, 6.45) is 0. The van der Waals surface area contributed by atoms with E-state index in [1.54, 1.807) is 0 Å². The Balaban J connectivity index is 2.16. The van der Waals surface area contributed by atoms with Gasteiger partial charge in [0.2, 0.25) is 0 Å². The summed E-state index contributed by atoms with van der Waals surface area (Å²) in [4.78, 5) is 12.4. The highest BCUT2D eigenvalue weighted by Crippen LogP contribution is 2.13. The topological polar surface area (TPSA) is 66.6 Å². The van der Waals surface area contributed by atoms with Crippen LogP contribution in [-0.2, 0) is 4.79 Å². The van der Waals surface area contributed by atoms with Gasteiger partial charge in [-0.3, -0.25) is 4.79 Å². The van der Waals surface area contributed by atoms with Crippen LogP contribution in [0.1, 0.15) is 6.92 Å². The van der Waals surface area contributed by atoms with Crippen LogP contribution in [0.5, 0.6) is 0 Å². The molecule has 0 aromatic carbocycles. The van der Waals surface area contributed by atoms with Gasteiger partial charge in [0.25, 0.3) is 0 Å². The second-order valence-corrected chi connectivity index (χ2v) is 3.27. The van der Waals surface area contributed by atoms with Gasteiger partial charge in [-0.1, -0.05) is 6.92 Å². The van der Waals surface area contributed by atoms with Gasteiger partial charge in [-0.05, 0) is 5.92 Å². The molecule has 0 saturated carbocycles. The van der Waals surface area contributed by atoms with E-state index in [-0.39, 0.29) is 0 Å². The minimum Gasteiger partial charge on any atom is -0.480 e. The van der Waals surface area contributed by atoms with Gasteiger partial charge in [0.15, 0.2) is 0 Å². The Morgan fingerprint density at radius 2 is 2.36 bits per heavy atom. The van der Waals surface area contributed by atoms with Crippen molar-refractivity contribution in [2.45, 2.75) is 13.0 Å². The van der Waals surface area contributed by atoms with E-state index in [4.69, 9.17) is 10.8 Å². The van der Waals surface area contributed by atoms with Gasteiger partial charge >= 0.3 is 5.97 Å². The van der Waals surface area contributed by atoms with E-state index in [1.165, 1.54) is 0 Å². The average molecular weight is 158 g/mol. The number of hydrogen-bond donors (Lipinski definition) is 2. The van der Waals surface area contributed by atoms with Gasteiger partial charge < -0.3 is 15.7 Å². The summed E-state index contributed by atoms with van der Waals surface area (Å²) in [6.45, 7) is 4.60. The zero-order valence-electron chi connectivity index (χ0n) is 6.66. The van der Waals surface area contributed by atoms with Crippen LogP contribution >= 0.6 is 0 Å². The molecule has 64 valence electrons. The molecule has 0 radical (unpaired) electrons. The highest BCUT2D eigenvalue weighted by molar-refractivity contribution is 5.73. The first-order chi connectivity index (χ1) is 5.09. The third-order valence-corrected chi connectivity index (χ3v) is 1.91. The highest BCUT2D eigenvalue weighted by atomic mass is 16.4. The van der Waals surface area contributed by atoms with Gasteiger partial charge in [-0.2, -0.15) is 0 Å². The molecular formula is C7H14N2O2. The van der Waals surface area contributed by atoms with E-state index in [0.29, 0.717) is 12.5 Å². The van der Waals surface area contributed by atoms with Crippen molar-refractivity contribution in [3.63, 3.8) is 0 Å². The molecule has 1 fully saturated rings. The molecule has 1 heterocycles. The lowest BCUT2D eigenvalue weighted by atomic mass is 10.0. The lowest BCUT2D eigenvalue weighted by Gasteiger charge is -2.37. The van der Waals surface area contributed by atoms with Gasteiger partial charge in [0.05, 0.1) is 0 Å². The molecule has 4 nitrogen and oxygen atoms in total. The molecule has 3 N–H and O–H groups in total. The fraction of sp³-hybridized carbons (Fsp3) is 0.857. The van der Waals surface area contributed by atoms with Crippen LogP contribution in [0.25, 0.3) is 0 Å². The zero-order valence-corrected chi connectivity index (χ0v) is 6.66. The molecule has 1 unspecified atom stereocenters. The molecule has 0 aliphatic carbocycles. The zero-order chi connectivity index (χ0) is 8.43. The third-order valence-electron chi connectivity index (χ3n) is 1.91.